The van der Waals surface area contributed by atoms with Crippen molar-refractivity contribution < 1.29 is 0 Å². The molecular weight excluding hydrogens is 116 g/mol. The first-order valence-electron chi connectivity index (χ1n) is 2.40. The Morgan fingerprint density at radius 3 is 1.88 bits per heavy atom. The Kier molecular flexibility index (Phi) is 30.9. The van der Waals surface area contributed by atoms with Gasteiger partial charge in [0.1, 0.15) is 0 Å². The maximum atomic E-state index is 2.22. The lowest BCUT2D eigenvalue weighted by atomic mass is 10.4. The van der Waals surface area contributed by atoms with Crippen LogP contribution in [0, 0.1) is 0 Å². The lowest BCUT2D eigenvalue weighted by Gasteiger charge is -1.86. The first-order valence-corrected chi connectivity index (χ1v) is 3.80. The van der Waals surface area contributed by atoms with Gasteiger partial charge in [0, 0.05) is 0 Å². The normalized spacial score (nSPS) is 6.75. The highest BCUT2D eigenvalue weighted by molar-refractivity contribution is 7.98. The second kappa shape index (κ2) is 15.7. The molecule has 0 radical (unpaired) electrons. The molecule has 8 heavy (non-hydrogen) atoms. The molecule has 1 heteroatoms. The van der Waals surface area contributed by atoms with Gasteiger partial charge in [-0.2, -0.15) is 11.8 Å². The standard InChI is InChI=1S/C5H12S.2CH4/c1-3-4-5-6-2;;/h3-5H2,1-2H3;2*1H4. The molecule has 0 fully saturated rings. The maximum absolute atomic E-state index is 2.22. The summed E-state index contributed by atoms with van der Waals surface area (Å²) in [6, 6.07) is 0. The Balaban J connectivity index is -0.000000125. The Bertz CT molecular complexity index is 16.3. The van der Waals surface area contributed by atoms with Crippen LogP contribution in [0.3, 0.4) is 0 Å². The first-order chi connectivity index (χ1) is 2.91. The second-order valence-corrected chi connectivity index (χ2v) is 2.33. The summed E-state index contributed by atoms with van der Waals surface area (Å²) in [4.78, 5) is 0. The van der Waals surface area contributed by atoms with Crippen LogP contribution in [-0.4, -0.2) is 12.0 Å². The molecule has 0 atom stereocenters. The lowest BCUT2D eigenvalue weighted by Crippen LogP contribution is -1.71. The van der Waals surface area contributed by atoms with E-state index in [0.717, 1.165) is 0 Å². The fourth-order valence-corrected chi connectivity index (χ4v) is 0.866. The first kappa shape index (κ1) is 15.8. The van der Waals surface area contributed by atoms with Crippen molar-refractivity contribution in [3.05, 3.63) is 0 Å². The molecular formula is C7H20S. The molecule has 0 nitrogen and oxygen atoms in total. The minimum absolute atomic E-state index is 0. The quantitative estimate of drug-likeness (QED) is 0.536. The molecule has 0 saturated heterocycles. The Hall–Kier alpha value is 0.350. The van der Waals surface area contributed by atoms with Gasteiger partial charge in [0.2, 0.25) is 0 Å². The van der Waals surface area contributed by atoms with Crippen LogP contribution in [0.25, 0.3) is 0 Å². The monoisotopic (exact) mass is 136 g/mol. The summed E-state index contributed by atoms with van der Waals surface area (Å²) in [5.41, 5.74) is 0. The van der Waals surface area contributed by atoms with Gasteiger partial charge in [-0.15, -0.1) is 0 Å². The summed E-state index contributed by atoms with van der Waals surface area (Å²) in [6.45, 7) is 2.22. The van der Waals surface area contributed by atoms with Crippen LogP contribution in [0.2, 0.25) is 0 Å². The van der Waals surface area contributed by atoms with E-state index in [1.807, 2.05) is 11.8 Å². The highest BCUT2D eigenvalue weighted by atomic mass is 32.2. The average Bonchev–Trinajstić information content (AvgIpc) is 1.61. The molecule has 0 saturated carbocycles. The molecule has 0 aliphatic heterocycles. The smallest absolute Gasteiger partial charge is 0.00704 e. The topological polar surface area (TPSA) is 0 Å². The predicted octanol–water partition coefficient (Wildman–Crippen LogP) is 3.42. The highest BCUT2D eigenvalue weighted by Gasteiger charge is 1.75. The van der Waals surface area contributed by atoms with Crippen LogP contribution < -0.4 is 0 Å². The highest BCUT2D eigenvalue weighted by Crippen LogP contribution is 1.96. The number of hydrogen-bond donors (Lipinski definition) is 0. The van der Waals surface area contributed by atoms with Crippen LogP contribution >= 0.6 is 11.8 Å². The molecule has 54 valence electrons. The fourth-order valence-electron chi connectivity index (χ4n) is 0.289. The van der Waals surface area contributed by atoms with Crippen LogP contribution in [0.1, 0.15) is 34.6 Å². The molecule has 0 N–H and O–H groups in total. The summed E-state index contributed by atoms with van der Waals surface area (Å²) in [7, 11) is 0. The molecule has 0 unspecified atom stereocenters. The minimum atomic E-state index is 0. The van der Waals surface area contributed by atoms with E-state index in [-0.39, 0.29) is 14.9 Å². The molecule has 0 aromatic carbocycles. The van der Waals surface area contributed by atoms with Gasteiger partial charge in [0.15, 0.2) is 0 Å². The van der Waals surface area contributed by atoms with Crippen LogP contribution in [0.4, 0.5) is 0 Å². The van der Waals surface area contributed by atoms with E-state index in [2.05, 4.69) is 13.2 Å². The van der Waals surface area contributed by atoms with Gasteiger partial charge < -0.3 is 0 Å². The summed E-state index contributed by atoms with van der Waals surface area (Å²) >= 11 is 1.93. The third kappa shape index (κ3) is 16.2. The van der Waals surface area contributed by atoms with Crippen molar-refractivity contribution >= 4 is 11.8 Å². The Morgan fingerprint density at radius 1 is 1.25 bits per heavy atom. The molecule has 0 aliphatic carbocycles. The van der Waals surface area contributed by atoms with E-state index in [1.54, 1.807) is 0 Å². The van der Waals surface area contributed by atoms with Crippen molar-refractivity contribution in [2.45, 2.75) is 34.6 Å². The molecule has 0 aromatic heterocycles. The Morgan fingerprint density at radius 2 is 1.75 bits per heavy atom. The van der Waals surface area contributed by atoms with E-state index in [1.165, 1.54) is 18.6 Å². The van der Waals surface area contributed by atoms with Crippen molar-refractivity contribution in [1.82, 2.24) is 0 Å². The summed E-state index contributed by atoms with van der Waals surface area (Å²) in [6.07, 6.45) is 4.86. The Labute approximate surface area is 59.1 Å². The van der Waals surface area contributed by atoms with Crippen molar-refractivity contribution in [3.8, 4) is 0 Å². The van der Waals surface area contributed by atoms with Crippen LogP contribution in [-0.2, 0) is 0 Å². The molecule has 0 spiro atoms. The summed E-state index contributed by atoms with van der Waals surface area (Å²) in [5.74, 6) is 1.33. The zero-order chi connectivity index (χ0) is 4.83. The molecule has 0 amide bonds. The molecule has 0 bridgehead atoms. The van der Waals surface area contributed by atoms with Gasteiger partial charge in [-0.05, 0) is 18.4 Å². The molecule has 0 aromatic rings. The number of thioether (sulfide) groups is 1. The SMILES string of the molecule is C.C.CCCCSC. The molecule has 0 heterocycles. The van der Waals surface area contributed by atoms with Crippen molar-refractivity contribution in [2.75, 3.05) is 12.0 Å². The molecule has 0 aliphatic rings. The van der Waals surface area contributed by atoms with Crippen molar-refractivity contribution in [2.24, 2.45) is 0 Å². The maximum Gasteiger partial charge on any atom is -0.00704 e. The number of hydrogen-bond acceptors (Lipinski definition) is 1. The third-order valence-electron chi connectivity index (χ3n) is 0.702. The van der Waals surface area contributed by atoms with E-state index in [4.69, 9.17) is 0 Å². The largest absolute Gasteiger partial charge is 0.165 e. The zero-order valence-corrected chi connectivity index (χ0v) is 5.35. The van der Waals surface area contributed by atoms with Gasteiger partial charge in [-0.3, -0.25) is 0 Å². The second-order valence-electron chi connectivity index (χ2n) is 1.35. The molecule has 0 rings (SSSR count). The van der Waals surface area contributed by atoms with Crippen LogP contribution in [0.15, 0.2) is 0 Å². The van der Waals surface area contributed by atoms with Gasteiger partial charge in [-0.25, -0.2) is 0 Å². The lowest BCUT2D eigenvalue weighted by molar-refractivity contribution is 0.897. The van der Waals surface area contributed by atoms with Gasteiger partial charge in [0.25, 0.3) is 0 Å². The van der Waals surface area contributed by atoms with Gasteiger partial charge in [0.05, 0.1) is 0 Å². The van der Waals surface area contributed by atoms with E-state index < -0.39 is 0 Å². The van der Waals surface area contributed by atoms with Gasteiger partial charge in [-0.1, -0.05) is 28.2 Å². The predicted molar refractivity (Wildman–Crippen MR) is 46.8 cm³/mol. The van der Waals surface area contributed by atoms with Crippen molar-refractivity contribution in [1.29, 1.82) is 0 Å². The zero-order valence-electron chi connectivity index (χ0n) is 4.53. The third-order valence-corrected chi connectivity index (χ3v) is 1.40. The average molecular weight is 136 g/mol. The van der Waals surface area contributed by atoms with Crippen LogP contribution in [0.5, 0.6) is 0 Å². The minimum Gasteiger partial charge on any atom is -0.165 e. The summed E-state index contributed by atoms with van der Waals surface area (Å²) < 4.78 is 0. The number of rotatable bonds is 3. The van der Waals surface area contributed by atoms with E-state index in [0.29, 0.717) is 0 Å². The number of unbranched alkanes of at least 4 members (excludes halogenated alkanes) is 1. The van der Waals surface area contributed by atoms with E-state index in [9.17, 15) is 0 Å². The van der Waals surface area contributed by atoms with E-state index >= 15 is 0 Å². The fraction of sp³-hybridized carbons (Fsp3) is 1.00. The summed E-state index contributed by atoms with van der Waals surface area (Å²) in [5, 5.41) is 0. The van der Waals surface area contributed by atoms with Gasteiger partial charge >= 0.3 is 0 Å². The van der Waals surface area contributed by atoms with Crippen molar-refractivity contribution in [3.63, 3.8) is 0 Å².